The van der Waals surface area contributed by atoms with Crippen molar-refractivity contribution in [3.05, 3.63) is 64.2 Å². The van der Waals surface area contributed by atoms with Crippen LogP contribution in [0.4, 0.5) is 11.4 Å². The number of amides is 2. The number of carbonyl (C=O) groups excluding carboxylic acids is 3. The van der Waals surface area contributed by atoms with E-state index in [2.05, 4.69) is 5.32 Å². The predicted molar refractivity (Wildman–Crippen MR) is 109 cm³/mol. The van der Waals surface area contributed by atoms with Crippen LogP contribution in [0, 0.1) is 16.0 Å². The third-order valence-corrected chi connectivity index (χ3v) is 4.79. The zero-order chi connectivity index (χ0) is 22.4. The van der Waals surface area contributed by atoms with Gasteiger partial charge in [0.2, 0.25) is 5.91 Å². The summed E-state index contributed by atoms with van der Waals surface area (Å²) in [6.07, 6.45) is 0.0111. The maximum absolute atomic E-state index is 12.3. The number of benzene rings is 2. The van der Waals surface area contributed by atoms with Crippen LogP contribution in [0.1, 0.15) is 12.0 Å². The zero-order valence-electron chi connectivity index (χ0n) is 16.8. The number of likely N-dealkylation sites (tertiary alicyclic amines) is 1. The second kappa shape index (κ2) is 9.70. The first kappa shape index (κ1) is 21.8. The Morgan fingerprint density at radius 3 is 2.65 bits per heavy atom. The minimum absolute atomic E-state index is 0.0111. The molecule has 0 unspecified atom stereocenters. The average Bonchev–Trinajstić information content (AvgIpc) is 3.13. The number of nitrogens with one attached hydrogen (secondary N) is 1. The van der Waals surface area contributed by atoms with Gasteiger partial charge in [0, 0.05) is 19.5 Å². The van der Waals surface area contributed by atoms with Gasteiger partial charge >= 0.3 is 5.97 Å². The van der Waals surface area contributed by atoms with E-state index in [1.807, 2.05) is 30.3 Å². The van der Waals surface area contributed by atoms with Crippen LogP contribution in [0.25, 0.3) is 0 Å². The molecule has 10 heteroatoms. The molecule has 0 saturated carbocycles. The third-order valence-electron chi connectivity index (χ3n) is 4.79. The van der Waals surface area contributed by atoms with E-state index < -0.39 is 29.3 Å². The van der Waals surface area contributed by atoms with E-state index in [-0.39, 0.29) is 36.0 Å². The Kier molecular flexibility index (Phi) is 6.81. The van der Waals surface area contributed by atoms with Gasteiger partial charge in [0.15, 0.2) is 6.61 Å². The molecule has 31 heavy (non-hydrogen) atoms. The topological polar surface area (TPSA) is 128 Å². The van der Waals surface area contributed by atoms with Crippen molar-refractivity contribution in [2.45, 2.75) is 13.0 Å². The molecule has 1 aliphatic rings. The molecule has 0 radical (unpaired) electrons. The Bertz CT molecular complexity index is 994. The van der Waals surface area contributed by atoms with Gasteiger partial charge in [-0.3, -0.25) is 24.5 Å². The monoisotopic (exact) mass is 427 g/mol. The molecule has 2 aromatic rings. The zero-order valence-corrected chi connectivity index (χ0v) is 16.8. The number of methoxy groups -OCH3 is 1. The SMILES string of the molecule is COc1ccc(NC(=O)COC(=O)[C@H]2CC(=O)N(Cc3ccccc3)C2)c([N+](=O)[O-])c1. The maximum atomic E-state index is 12.3. The molecular formula is C21H21N3O7. The van der Waals surface area contributed by atoms with Gasteiger partial charge in [-0.1, -0.05) is 30.3 Å². The number of nitro benzene ring substituents is 1. The number of hydrogen-bond donors (Lipinski definition) is 1. The Morgan fingerprint density at radius 1 is 1.23 bits per heavy atom. The molecule has 3 rings (SSSR count). The normalized spacial score (nSPS) is 15.5. The van der Waals surface area contributed by atoms with Gasteiger partial charge in [-0.2, -0.15) is 0 Å². The summed E-state index contributed by atoms with van der Waals surface area (Å²) in [4.78, 5) is 48.7. The number of carbonyl (C=O) groups is 3. The van der Waals surface area contributed by atoms with Crippen molar-refractivity contribution >= 4 is 29.2 Å². The first-order valence-electron chi connectivity index (χ1n) is 9.48. The van der Waals surface area contributed by atoms with Gasteiger partial charge in [0.05, 0.1) is 24.0 Å². The number of nitrogens with zero attached hydrogens (tertiary/aromatic N) is 2. The lowest BCUT2D eigenvalue weighted by Gasteiger charge is -2.16. The molecule has 1 atom stereocenters. The molecule has 0 bridgehead atoms. The number of nitro groups is 1. The van der Waals surface area contributed by atoms with Crippen molar-refractivity contribution in [1.82, 2.24) is 4.90 Å². The Hall–Kier alpha value is -3.95. The van der Waals surface area contributed by atoms with Gasteiger partial charge in [-0.15, -0.1) is 0 Å². The molecule has 10 nitrogen and oxygen atoms in total. The molecule has 0 spiro atoms. The largest absolute Gasteiger partial charge is 0.496 e. The molecule has 2 aromatic carbocycles. The lowest BCUT2D eigenvalue weighted by atomic mass is 10.1. The second-order valence-corrected chi connectivity index (χ2v) is 6.96. The van der Waals surface area contributed by atoms with E-state index in [0.717, 1.165) is 5.56 Å². The highest BCUT2D eigenvalue weighted by atomic mass is 16.6. The van der Waals surface area contributed by atoms with Crippen LogP contribution in [0.3, 0.4) is 0 Å². The van der Waals surface area contributed by atoms with Crippen molar-refractivity contribution < 1.29 is 28.8 Å². The fourth-order valence-corrected chi connectivity index (χ4v) is 3.22. The fourth-order valence-electron chi connectivity index (χ4n) is 3.22. The van der Waals surface area contributed by atoms with Crippen LogP contribution < -0.4 is 10.1 Å². The minimum atomic E-state index is -0.730. The molecule has 1 fully saturated rings. The average molecular weight is 427 g/mol. The van der Waals surface area contributed by atoms with Crippen LogP contribution in [-0.4, -0.2) is 47.9 Å². The Morgan fingerprint density at radius 2 is 1.97 bits per heavy atom. The van der Waals surface area contributed by atoms with Crippen LogP contribution >= 0.6 is 0 Å². The van der Waals surface area contributed by atoms with Crippen molar-refractivity contribution in [3.63, 3.8) is 0 Å². The third kappa shape index (κ3) is 5.56. The van der Waals surface area contributed by atoms with Crippen LogP contribution in [-0.2, 0) is 25.7 Å². The molecule has 1 N–H and O–H groups in total. The predicted octanol–water partition coefficient (Wildman–Crippen LogP) is 2.13. The highest BCUT2D eigenvalue weighted by molar-refractivity contribution is 5.95. The molecule has 1 saturated heterocycles. The molecule has 0 aromatic heterocycles. The Balaban J connectivity index is 1.52. The van der Waals surface area contributed by atoms with E-state index in [4.69, 9.17) is 9.47 Å². The van der Waals surface area contributed by atoms with Crippen LogP contribution in [0.5, 0.6) is 5.75 Å². The lowest BCUT2D eigenvalue weighted by molar-refractivity contribution is -0.384. The standard InChI is InChI=1S/C21H21N3O7/c1-30-16-7-8-17(18(10-16)24(28)29)22-19(25)13-31-21(27)15-9-20(26)23(12-15)11-14-5-3-2-4-6-14/h2-8,10,15H,9,11-13H2,1H3,(H,22,25)/t15-/m0/s1. The smallest absolute Gasteiger partial charge is 0.311 e. The fraction of sp³-hybridized carbons (Fsp3) is 0.286. The van der Waals surface area contributed by atoms with Gasteiger partial charge in [-0.25, -0.2) is 0 Å². The molecule has 1 heterocycles. The van der Waals surface area contributed by atoms with Gasteiger partial charge in [0.1, 0.15) is 11.4 Å². The quantitative estimate of drug-likeness (QED) is 0.388. The molecule has 1 aliphatic heterocycles. The molecule has 0 aliphatic carbocycles. The summed E-state index contributed by atoms with van der Waals surface area (Å²) in [5.74, 6) is -1.96. The maximum Gasteiger partial charge on any atom is 0.311 e. The van der Waals surface area contributed by atoms with E-state index in [1.54, 1.807) is 4.90 Å². The molecular weight excluding hydrogens is 406 g/mol. The highest BCUT2D eigenvalue weighted by Crippen LogP contribution is 2.29. The van der Waals surface area contributed by atoms with Crippen molar-refractivity contribution in [1.29, 1.82) is 0 Å². The number of hydrogen-bond acceptors (Lipinski definition) is 7. The van der Waals surface area contributed by atoms with E-state index in [0.29, 0.717) is 6.54 Å². The van der Waals surface area contributed by atoms with E-state index in [9.17, 15) is 24.5 Å². The van der Waals surface area contributed by atoms with Gasteiger partial charge in [-0.05, 0) is 17.7 Å². The molecule has 2 amide bonds. The lowest BCUT2D eigenvalue weighted by Crippen LogP contribution is -2.28. The van der Waals surface area contributed by atoms with Crippen molar-refractivity contribution in [3.8, 4) is 5.75 Å². The first-order valence-corrected chi connectivity index (χ1v) is 9.48. The van der Waals surface area contributed by atoms with Crippen molar-refractivity contribution in [2.24, 2.45) is 5.92 Å². The summed E-state index contributed by atoms with van der Waals surface area (Å²) in [7, 11) is 1.37. The highest BCUT2D eigenvalue weighted by Gasteiger charge is 2.35. The van der Waals surface area contributed by atoms with E-state index >= 15 is 0 Å². The summed E-state index contributed by atoms with van der Waals surface area (Å²) in [5, 5.41) is 13.5. The van der Waals surface area contributed by atoms with E-state index in [1.165, 1.54) is 25.3 Å². The van der Waals surface area contributed by atoms with Gasteiger partial charge < -0.3 is 19.7 Å². The van der Waals surface area contributed by atoms with Crippen LogP contribution in [0.2, 0.25) is 0 Å². The molecule has 162 valence electrons. The van der Waals surface area contributed by atoms with Gasteiger partial charge in [0.25, 0.3) is 11.6 Å². The number of esters is 1. The summed E-state index contributed by atoms with van der Waals surface area (Å²) >= 11 is 0. The number of anilines is 1. The summed E-state index contributed by atoms with van der Waals surface area (Å²) in [6.45, 7) is -0.0192. The summed E-state index contributed by atoms with van der Waals surface area (Å²) < 4.78 is 9.97. The number of rotatable bonds is 8. The summed E-state index contributed by atoms with van der Waals surface area (Å²) in [6, 6.07) is 13.4. The number of ether oxygens (including phenoxy) is 2. The second-order valence-electron chi connectivity index (χ2n) is 6.96. The van der Waals surface area contributed by atoms with Crippen LogP contribution in [0.15, 0.2) is 48.5 Å². The van der Waals surface area contributed by atoms with Crippen molar-refractivity contribution in [2.75, 3.05) is 25.6 Å². The summed E-state index contributed by atoms with van der Waals surface area (Å²) in [5.41, 5.74) is 0.555. The first-order chi connectivity index (χ1) is 14.9. The Labute approximate surface area is 177 Å². The minimum Gasteiger partial charge on any atom is -0.496 e.